The highest BCUT2D eigenvalue weighted by Crippen LogP contribution is 2.30. The molecular weight excluding hydrogens is 395 g/mol. The van der Waals surface area contributed by atoms with Crippen molar-refractivity contribution < 1.29 is 27.5 Å². The van der Waals surface area contributed by atoms with Crippen molar-refractivity contribution in [2.75, 3.05) is 12.4 Å². The third-order valence-corrected chi connectivity index (χ3v) is 4.45. The van der Waals surface area contributed by atoms with Crippen LogP contribution in [0.25, 0.3) is 0 Å². The fourth-order valence-electron chi connectivity index (χ4n) is 2.91. The molecule has 0 aromatic heterocycles. The number of rotatable bonds is 6. The van der Waals surface area contributed by atoms with E-state index in [1.54, 1.807) is 42.5 Å². The van der Waals surface area contributed by atoms with Crippen molar-refractivity contribution in [3.63, 3.8) is 0 Å². The quantitative estimate of drug-likeness (QED) is 0.551. The standard InChI is InChI=1S/C23H18F3NO3/c1-30-18-11-9-16(10-12-18)22(29)27-20-8-3-2-7-19(20)21(28)14-15-5-4-6-17(13-15)23(24,25)26/h2-13H,14H2,1H3,(H,27,29). The number of hydrogen-bond donors (Lipinski definition) is 1. The first-order valence-corrected chi connectivity index (χ1v) is 9.01. The summed E-state index contributed by atoms with van der Waals surface area (Å²) >= 11 is 0. The van der Waals surface area contributed by atoms with Crippen LogP contribution in [0.3, 0.4) is 0 Å². The van der Waals surface area contributed by atoms with Crippen LogP contribution in [0.1, 0.15) is 31.8 Å². The zero-order chi connectivity index (χ0) is 21.7. The largest absolute Gasteiger partial charge is 0.497 e. The van der Waals surface area contributed by atoms with E-state index in [9.17, 15) is 22.8 Å². The van der Waals surface area contributed by atoms with Crippen LogP contribution >= 0.6 is 0 Å². The van der Waals surface area contributed by atoms with Crippen molar-refractivity contribution in [1.82, 2.24) is 0 Å². The Labute approximate surface area is 171 Å². The molecule has 0 bridgehead atoms. The van der Waals surface area contributed by atoms with Crippen LogP contribution in [0.5, 0.6) is 5.75 Å². The summed E-state index contributed by atoms with van der Waals surface area (Å²) in [7, 11) is 1.52. The number of anilines is 1. The Morgan fingerprint density at radius 3 is 2.30 bits per heavy atom. The lowest BCUT2D eigenvalue weighted by Crippen LogP contribution is -2.15. The molecule has 0 saturated heterocycles. The zero-order valence-electron chi connectivity index (χ0n) is 16.0. The lowest BCUT2D eigenvalue weighted by atomic mass is 10.00. The third-order valence-electron chi connectivity index (χ3n) is 4.45. The summed E-state index contributed by atoms with van der Waals surface area (Å²) in [6.45, 7) is 0. The van der Waals surface area contributed by atoms with E-state index in [0.29, 0.717) is 11.3 Å². The molecule has 154 valence electrons. The van der Waals surface area contributed by atoms with Gasteiger partial charge in [0.2, 0.25) is 0 Å². The second-order valence-electron chi connectivity index (χ2n) is 6.53. The highest BCUT2D eigenvalue weighted by molar-refractivity contribution is 6.09. The number of amides is 1. The van der Waals surface area contributed by atoms with Crippen LogP contribution in [0.15, 0.2) is 72.8 Å². The molecule has 0 fully saturated rings. The number of ether oxygens (including phenoxy) is 1. The number of halogens is 3. The molecule has 0 aliphatic carbocycles. The van der Waals surface area contributed by atoms with Crippen molar-refractivity contribution >= 4 is 17.4 Å². The number of benzene rings is 3. The predicted molar refractivity (Wildman–Crippen MR) is 107 cm³/mol. The first-order chi connectivity index (χ1) is 14.3. The molecule has 0 unspecified atom stereocenters. The van der Waals surface area contributed by atoms with Gasteiger partial charge in [0, 0.05) is 17.5 Å². The number of Topliss-reactive ketones (excluding diaryl/α,β-unsaturated/α-hetero) is 1. The second-order valence-corrected chi connectivity index (χ2v) is 6.53. The minimum absolute atomic E-state index is 0.219. The van der Waals surface area contributed by atoms with E-state index < -0.39 is 23.4 Å². The molecule has 0 spiro atoms. The van der Waals surface area contributed by atoms with Crippen LogP contribution in [-0.2, 0) is 12.6 Å². The normalized spacial score (nSPS) is 11.1. The Hall–Kier alpha value is -3.61. The van der Waals surface area contributed by atoms with Crippen molar-refractivity contribution in [3.05, 3.63) is 95.1 Å². The molecule has 3 aromatic rings. The Balaban J connectivity index is 1.79. The maximum atomic E-state index is 12.9. The van der Waals surface area contributed by atoms with E-state index in [-0.39, 0.29) is 23.2 Å². The van der Waals surface area contributed by atoms with Crippen LogP contribution in [0.2, 0.25) is 0 Å². The Morgan fingerprint density at radius 1 is 0.933 bits per heavy atom. The first-order valence-electron chi connectivity index (χ1n) is 9.01. The van der Waals surface area contributed by atoms with E-state index >= 15 is 0 Å². The molecular formula is C23H18F3NO3. The lowest BCUT2D eigenvalue weighted by Gasteiger charge is -2.12. The summed E-state index contributed by atoms with van der Waals surface area (Å²) < 4.78 is 43.8. The van der Waals surface area contributed by atoms with Crippen LogP contribution in [-0.4, -0.2) is 18.8 Å². The Bertz CT molecular complexity index is 1060. The summed E-state index contributed by atoms with van der Waals surface area (Å²) in [5.41, 5.74) is 0.308. The molecule has 1 N–H and O–H groups in total. The smallest absolute Gasteiger partial charge is 0.416 e. The number of nitrogens with one attached hydrogen (secondary N) is 1. The van der Waals surface area contributed by atoms with Crippen molar-refractivity contribution in [2.24, 2.45) is 0 Å². The van der Waals surface area contributed by atoms with Gasteiger partial charge in [-0.2, -0.15) is 13.2 Å². The van der Waals surface area contributed by atoms with Crippen molar-refractivity contribution in [3.8, 4) is 5.75 Å². The van der Waals surface area contributed by atoms with Gasteiger partial charge in [-0.3, -0.25) is 9.59 Å². The third kappa shape index (κ3) is 5.05. The predicted octanol–water partition coefficient (Wildman–Crippen LogP) is 5.39. The summed E-state index contributed by atoms with van der Waals surface area (Å²) in [6, 6.07) is 17.5. The number of methoxy groups -OCH3 is 1. The van der Waals surface area contributed by atoms with Crippen molar-refractivity contribution in [2.45, 2.75) is 12.6 Å². The molecule has 3 aromatic carbocycles. The number of carbonyl (C=O) groups excluding carboxylic acids is 2. The number of carbonyl (C=O) groups is 2. The molecule has 3 rings (SSSR count). The topological polar surface area (TPSA) is 55.4 Å². The van der Waals surface area contributed by atoms with Crippen molar-refractivity contribution in [1.29, 1.82) is 0 Å². The van der Waals surface area contributed by atoms with Gasteiger partial charge >= 0.3 is 6.18 Å². The highest BCUT2D eigenvalue weighted by Gasteiger charge is 2.30. The molecule has 1 amide bonds. The Kier molecular flexibility index (Phi) is 6.20. The van der Waals surface area contributed by atoms with Gasteiger partial charge in [-0.15, -0.1) is 0 Å². The molecule has 0 heterocycles. The van der Waals surface area contributed by atoms with Gasteiger partial charge in [0.05, 0.1) is 18.4 Å². The van der Waals surface area contributed by atoms with E-state index in [0.717, 1.165) is 12.1 Å². The molecule has 0 aliphatic rings. The van der Waals surface area contributed by atoms with Gasteiger partial charge in [-0.25, -0.2) is 0 Å². The number of para-hydroxylation sites is 1. The second kappa shape index (κ2) is 8.82. The highest BCUT2D eigenvalue weighted by atomic mass is 19.4. The summed E-state index contributed by atoms with van der Waals surface area (Å²) in [6.07, 6.45) is -4.71. The molecule has 0 radical (unpaired) electrons. The number of hydrogen-bond acceptors (Lipinski definition) is 3. The molecule has 4 nitrogen and oxygen atoms in total. The number of ketones is 1. The monoisotopic (exact) mass is 413 g/mol. The summed E-state index contributed by atoms with van der Waals surface area (Å²) in [4.78, 5) is 25.3. The van der Waals surface area contributed by atoms with Gasteiger partial charge < -0.3 is 10.1 Å². The van der Waals surface area contributed by atoms with E-state index in [4.69, 9.17) is 4.74 Å². The van der Waals surface area contributed by atoms with Crippen LogP contribution in [0, 0.1) is 0 Å². The fourth-order valence-corrected chi connectivity index (χ4v) is 2.91. The van der Waals surface area contributed by atoms with Gasteiger partial charge in [-0.05, 0) is 48.0 Å². The SMILES string of the molecule is COc1ccc(C(=O)Nc2ccccc2C(=O)Cc2cccc(C(F)(F)F)c2)cc1. The van der Waals surface area contributed by atoms with Crippen LogP contribution in [0.4, 0.5) is 18.9 Å². The first kappa shape index (κ1) is 21.1. The molecule has 7 heteroatoms. The minimum atomic E-state index is -4.48. The molecule has 0 saturated carbocycles. The van der Waals surface area contributed by atoms with Gasteiger partial charge in [-0.1, -0.05) is 30.3 Å². The summed E-state index contributed by atoms with van der Waals surface area (Å²) in [5.74, 6) is -0.222. The lowest BCUT2D eigenvalue weighted by molar-refractivity contribution is -0.137. The Morgan fingerprint density at radius 2 is 1.63 bits per heavy atom. The minimum Gasteiger partial charge on any atom is -0.497 e. The zero-order valence-corrected chi connectivity index (χ0v) is 16.0. The average Bonchev–Trinajstić information content (AvgIpc) is 2.73. The summed E-state index contributed by atoms with van der Waals surface area (Å²) in [5, 5.41) is 2.69. The molecule has 0 aliphatic heterocycles. The van der Waals surface area contributed by atoms with Gasteiger partial charge in [0.25, 0.3) is 5.91 Å². The maximum absolute atomic E-state index is 12.9. The van der Waals surface area contributed by atoms with E-state index in [1.807, 2.05) is 0 Å². The number of alkyl halides is 3. The molecule has 30 heavy (non-hydrogen) atoms. The average molecular weight is 413 g/mol. The van der Waals surface area contributed by atoms with Crippen LogP contribution < -0.4 is 10.1 Å². The van der Waals surface area contributed by atoms with E-state index in [1.165, 1.54) is 25.3 Å². The van der Waals surface area contributed by atoms with E-state index in [2.05, 4.69) is 5.32 Å². The maximum Gasteiger partial charge on any atom is 0.416 e. The van der Waals surface area contributed by atoms with Gasteiger partial charge in [0.1, 0.15) is 5.75 Å². The fraction of sp³-hybridized carbons (Fsp3) is 0.130. The van der Waals surface area contributed by atoms with Gasteiger partial charge in [0.15, 0.2) is 5.78 Å². The molecule has 0 atom stereocenters.